The van der Waals surface area contributed by atoms with Crippen LogP contribution in [0.3, 0.4) is 0 Å². The molecule has 0 spiro atoms. The van der Waals surface area contributed by atoms with Gasteiger partial charge in [0.15, 0.2) is 0 Å². The van der Waals surface area contributed by atoms with Crippen molar-refractivity contribution in [1.82, 2.24) is 0 Å². The predicted octanol–water partition coefficient (Wildman–Crippen LogP) is -0.376. The number of rotatable bonds is 10. The summed E-state index contributed by atoms with van der Waals surface area (Å²) in [6, 6.07) is -1.29. The second kappa shape index (κ2) is 7.98. The first-order chi connectivity index (χ1) is 9.05. The molecule has 3 atom stereocenters. The molecule has 0 rings (SSSR count). The van der Waals surface area contributed by atoms with Crippen LogP contribution in [0.4, 0.5) is 0 Å². The van der Waals surface area contributed by atoms with Crippen LogP contribution in [0.2, 0.25) is 0 Å². The summed E-state index contributed by atoms with van der Waals surface area (Å²) in [5.41, 5.74) is 5.19. The van der Waals surface area contributed by atoms with Crippen LogP contribution in [-0.4, -0.2) is 56.5 Å². The van der Waals surface area contributed by atoms with E-state index in [1.165, 1.54) is 0 Å². The van der Waals surface area contributed by atoms with Crippen molar-refractivity contribution in [3.05, 3.63) is 0 Å². The molecule has 0 heterocycles. The summed E-state index contributed by atoms with van der Waals surface area (Å²) in [5, 5.41) is 25.9. The Morgan fingerprint density at radius 2 is 1.60 bits per heavy atom. The van der Waals surface area contributed by atoms with E-state index in [1.807, 2.05) is 0 Å². The molecule has 0 aromatic rings. The maximum Gasteiger partial charge on any atom is 0.320 e. The van der Waals surface area contributed by atoms with Gasteiger partial charge in [-0.25, -0.2) is 0 Å². The third-order valence-electron chi connectivity index (χ3n) is 2.67. The van der Waals surface area contributed by atoms with Crippen LogP contribution in [0, 0.1) is 5.92 Å². The van der Waals surface area contributed by atoms with Crippen molar-refractivity contribution in [2.24, 2.45) is 11.7 Å². The molecule has 0 aromatic carbocycles. The number of nitrogens with two attached hydrogens (primary N) is 1. The van der Waals surface area contributed by atoms with Crippen molar-refractivity contribution in [1.29, 1.82) is 0 Å². The zero-order valence-corrected chi connectivity index (χ0v) is 11.5. The van der Waals surface area contributed by atoms with Gasteiger partial charge in [-0.05, 0) is 12.8 Å². The predicted molar refractivity (Wildman–Crippen MR) is 67.8 cm³/mol. The highest BCUT2D eigenvalue weighted by atomic mass is 31.2. The first-order valence-corrected chi connectivity index (χ1v) is 7.82. The maximum atomic E-state index is 11.8. The summed E-state index contributed by atoms with van der Waals surface area (Å²) < 4.78 is 11.8. The Kier molecular flexibility index (Phi) is 7.41. The molecular formula is C10H18NO8P. The molecule has 0 bridgehead atoms. The molecule has 0 radical (unpaired) electrons. The lowest BCUT2D eigenvalue weighted by Crippen LogP contribution is -2.31. The van der Waals surface area contributed by atoms with Gasteiger partial charge < -0.3 is 25.9 Å². The monoisotopic (exact) mass is 311 g/mol. The molecule has 0 fully saturated rings. The normalized spacial score (nSPS) is 16.9. The molecule has 6 N–H and O–H groups in total. The van der Waals surface area contributed by atoms with Crippen molar-refractivity contribution >= 4 is 25.3 Å². The molecule has 0 amide bonds. The largest absolute Gasteiger partial charge is 0.481 e. The maximum absolute atomic E-state index is 11.8. The van der Waals surface area contributed by atoms with Gasteiger partial charge in [-0.3, -0.25) is 18.9 Å². The summed E-state index contributed by atoms with van der Waals surface area (Å²) >= 11 is 0. The Bertz CT molecular complexity index is 423. The van der Waals surface area contributed by atoms with Gasteiger partial charge in [-0.2, -0.15) is 0 Å². The van der Waals surface area contributed by atoms with Gasteiger partial charge in [-0.15, -0.1) is 0 Å². The van der Waals surface area contributed by atoms with Crippen LogP contribution in [0.15, 0.2) is 0 Å². The molecule has 10 heteroatoms. The van der Waals surface area contributed by atoms with Gasteiger partial charge in [0.25, 0.3) is 0 Å². The van der Waals surface area contributed by atoms with Gasteiger partial charge in [0, 0.05) is 18.7 Å². The van der Waals surface area contributed by atoms with Crippen LogP contribution in [0.5, 0.6) is 0 Å². The molecule has 0 aliphatic carbocycles. The van der Waals surface area contributed by atoms with Gasteiger partial charge in [0.05, 0.1) is 5.92 Å². The van der Waals surface area contributed by atoms with E-state index in [0.29, 0.717) is 0 Å². The molecular weight excluding hydrogens is 293 g/mol. The SMILES string of the molecule is NC(CCP(=O)(O)CC(CCC(=O)O)C(=O)O)C(=O)O. The van der Waals surface area contributed by atoms with E-state index < -0.39 is 56.0 Å². The molecule has 20 heavy (non-hydrogen) atoms. The lowest BCUT2D eigenvalue weighted by molar-refractivity contribution is -0.142. The first kappa shape index (κ1) is 18.6. The van der Waals surface area contributed by atoms with Gasteiger partial charge in [-0.1, -0.05) is 0 Å². The number of hydrogen-bond acceptors (Lipinski definition) is 5. The molecule has 0 aromatic heterocycles. The summed E-state index contributed by atoms with van der Waals surface area (Å²) in [6.07, 6.45) is -1.96. The van der Waals surface area contributed by atoms with Crippen LogP contribution in [0.25, 0.3) is 0 Å². The van der Waals surface area contributed by atoms with Crippen molar-refractivity contribution in [2.45, 2.75) is 25.3 Å². The zero-order chi connectivity index (χ0) is 15.9. The highest BCUT2D eigenvalue weighted by Crippen LogP contribution is 2.44. The highest BCUT2D eigenvalue weighted by molar-refractivity contribution is 7.58. The van der Waals surface area contributed by atoms with E-state index in [4.69, 9.17) is 21.1 Å². The fraction of sp³-hybridized carbons (Fsp3) is 0.700. The average Bonchev–Trinajstić information content (AvgIpc) is 2.30. The second-order valence-corrected chi connectivity index (χ2v) is 6.96. The number of carboxylic acid groups (broad SMARTS) is 3. The third-order valence-corrected chi connectivity index (χ3v) is 4.64. The number of aliphatic carboxylic acids is 3. The van der Waals surface area contributed by atoms with Gasteiger partial charge >= 0.3 is 17.9 Å². The van der Waals surface area contributed by atoms with Crippen molar-refractivity contribution in [3.8, 4) is 0 Å². The highest BCUT2D eigenvalue weighted by Gasteiger charge is 2.30. The Balaban J connectivity index is 4.51. The molecule has 0 aliphatic heterocycles. The standard InChI is InChI=1S/C10H18NO8P/c11-7(10(16)17)3-4-20(18,19)5-6(9(14)15)1-2-8(12)13/h6-7H,1-5,11H2,(H,12,13)(H,14,15)(H,16,17)(H,18,19). The smallest absolute Gasteiger partial charge is 0.320 e. The third kappa shape index (κ3) is 7.88. The number of carbonyl (C=O) groups is 3. The van der Waals surface area contributed by atoms with Crippen LogP contribution in [0.1, 0.15) is 19.3 Å². The molecule has 116 valence electrons. The Labute approximate surface area is 114 Å². The van der Waals surface area contributed by atoms with E-state index in [0.717, 1.165) is 0 Å². The fourth-order valence-corrected chi connectivity index (χ4v) is 3.38. The topological polar surface area (TPSA) is 175 Å². The Morgan fingerprint density at radius 1 is 1.05 bits per heavy atom. The van der Waals surface area contributed by atoms with E-state index in [2.05, 4.69) is 0 Å². The Morgan fingerprint density at radius 3 is 2.00 bits per heavy atom. The van der Waals surface area contributed by atoms with Crippen molar-refractivity contribution in [3.63, 3.8) is 0 Å². The molecule has 0 saturated carbocycles. The molecule has 0 aliphatic rings. The van der Waals surface area contributed by atoms with Crippen LogP contribution < -0.4 is 5.73 Å². The first-order valence-electron chi connectivity index (χ1n) is 5.79. The molecule has 3 unspecified atom stereocenters. The minimum absolute atomic E-state index is 0.256. The summed E-state index contributed by atoms with van der Waals surface area (Å²) in [4.78, 5) is 41.4. The average molecular weight is 311 g/mol. The quantitative estimate of drug-likeness (QED) is 0.337. The van der Waals surface area contributed by atoms with Crippen LogP contribution >= 0.6 is 7.37 Å². The zero-order valence-electron chi connectivity index (χ0n) is 10.6. The summed E-state index contributed by atoms with van der Waals surface area (Å²) in [6.45, 7) is 0. The van der Waals surface area contributed by atoms with E-state index in [1.54, 1.807) is 0 Å². The molecule has 9 nitrogen and oxygen atoms in total. The minimum atomic E-state index is -3.87. The fourth-order valence-electron chi connectivity index (χ4n) is 1.49. The van der Waals surface area contributed by atoms with E-state index >= 15 is 0 Å². The summed E-state index contributed by atoms with van der Waals surface area (Å²) in [5.74, 6) is -5.13. The van der Waals surface area contributed by atoms with E-state index in [-0.39, 0.29) is 12.8 Å². The second-order valence-electron chi connectivity index (χ2n) is 4.45. The number of carboxylic acids is 3. The lowest BCUT2D eigenvalue weighted by atomic mass is 10.1. The van der Waals surface area contributed by atoms with Gasteiger partial charge in [0.2, 0.25) is 7.37 Å². The van der Waals surface area contributed by atoms with Crippen LogP contribution in [-0.2, 0) is 18.9 Å². The van der Waals surface area contributed by atoms with Crippen molar-refractivity contribution < 1.29 is 39.2 Å². The minimum Gasteiger partial charge on any atom is -0.481 e. The number of hydrogen-bond donors (Lipinski definition) is 5. The van der Waals surface area contributed by atoms with E-state index in [9.17, 15) is 23.8 Å². The van der Waals surface area contributed by atoms with Gasteiger partial charge in [0.1, 0.15) is 6.04 Å². The van der Waals surface area contributed by atoms with Crippen molar-refractivity contribution in [2.75, 3.05) is 12.3 Å². The Hall–Kier alpha value is -1.44. The summed E-state index contributed by atoms with van der Waals surface area (Å²) in [7, 11) is -3.87. The molecule has 0 saturated heterocycles. The lowest BCUT2D eigenvalue weighted by Gasteiger charge is -2.17.